The molecular weight excluding hydrogens is 255 g/mol. The molecule has 3 rings (SSSR count). The van der Waals surface area contributed by atoms with E-state index in [0.717, 1.165) is 11.1 Å². The van der Waals surface area contributed by atoms with Crippen molar-refractivity contribution >= 4 is 0 Å². The summed E-state index contributed by atoms with van der Waals surface area (Å²) in [7, 11) is 1.87. The fraction of sp³-hybridized carbons (Fsp3) is 0.0625. The van der Waals surface area contributed by atoms with Crippen molar-refractivity contribution in [1.82, 2.24) is 9.55 Å². The first-order valence-electron chi connectivity index (χ1n) is 6.23. The zero-order chi connectivity index (χ0) is 13.9. The molecule has 100 valence electrons. The van der Waals surface area contributed by atoms with Crippen molar-refractivity contribution in [3.63, 3.8) is 0 Å². The number of benzene rings is 2. The quantitative estimate of drug-likeness (QED) is 0.717. The van der Waals surface area contributed by atoms with Crippen LogP contribution >= 0.6 is 0 Å². The Morgan fingerprint density at radius 1 is 1.10 bits per heavy atom. The third-order valence-corrected chi connectivity index (χ3v) is 2.92. The van der Waals surface area contributed by atoms with E-state index in [4.69, 9.17) is 4.74 Å². The zero-order valence-corrected chi connectivity index (χ0v) is 11.0. The van der Waals surface area contributed by atoms with Gasteiger partial charge in [0.25, 0.3) is 0 Å². The normalized spacial score (nSPS) is 10.5. The Hall–Kier alpha value is -2.62. The minimum atomic E-state index is -0.268. The summed E-state index contributed by atoms with van der Waals surface area (Å²) in [6.45, 7) is 0. The van der Waals surface area contributed by atoms with Crippen molar-refractivity contribution < 1.29 is 9.13 Å². The van der Waals surface area contributed by atoms with Crippen molar-refractivity contribution in [2.45, 2.75) is 0 Å². The minimum Gasteiger partial charge on any atom is -0.437 e. The van der Waals surface area contributed by atoms with Crippen molar-refractivity contribution in [3.05, 3.63) is 66.9 Å². The van der Waals surface area contributed by atoms with Crippen LogP contribution in [-0.2, 0) is 7.05 Å². The molecule has 0 radical (unpaired) electrons. The van der Waals surface area contributed by atoms with Gasteiger partial charge in [-0.3, -0.25) is 0 Å². The Morgan fingerprint density at radius 3 is 2.70 bits per heavy atom. The third kappa shape index (κ3) is 2.54. The average Bonchev–Trinajstić information content (AvgIpc) is 2.85. The van der Waals surface area contributed by atoms with Gasteiger partial charge in [-0.05, 0) is 23.8 Å². The van der Waals surface area contributed by atoms with Crippen molar-refractivity contribution in [2.75, 3.05) is 0 Å². The Bertz CT molecular complexity index is 737. The second-order valence-electron chi connectivity index (χ2n) is 4.49. The van der Waals surface area contributed by atoms with E-state index < -0.39 is 0 Å². The molecule has 2 aromatic carbocycles. The number of aryl methyl sites for hydroxylation is 1. The number of hydrogen-bond acceptors (Lipinski definition) is 2. The van der Waals surface area contributed by atoms with E-state index in [0.29, 0.717) is 11.6 Å². The van der Waals surface area contributed by atoms with Crippen LogP contribution in [0.25, 0.3) is 11.1 Å². The summed E-state index contributed by atoms with van der Waals surface area (Å²) in [6, 6.07) is 14.0. The highest BCUT2D eigenvalue weighted by Gasteiger charge is 2.08. The van der Waals surface area contributed by atoms with Crippen LogP contribution in [0.4, 0.5) is 4.39 Å². The maximum Gasteiger partial charge on any atom is 0.237 e. The molecule has 0 amide bonds. The standard InChI is InChI=1S/C16H13FN2O/c1-19-10-16(18-11-19)20-15-8-3-2-7-14(15)12-5-4-6-13(17)9-12/h2-11H,1H3. The number of aromatic nitrogens is 2. The molecule has 3 aromatic rings. The van der Waals surface area contributed by atoms with Gasteiger partial charge in [-0.2, -0.15) is 0 Å². The van der Waals surface area contributed by atoms with Gasteiger partial charge >= 0.3 is 0 Å². The highest BCUT2D eigenvalue weighted by Crippen LogP contribution is 2.32. The predicted molar refractivity (Wildman–Crippen MR) is 75.1 cm³/mol. The van der Waals surface area contributed by atoms with Crippen LogP contribution in [0.2, 0.25) is 0 Å². The van der Waals surface area contributed by atoms with E-state index in [-0.39, 0.29) is 5.82 Å². The zero-order valence-electron chi connectivity index (χ0n) is 11.0. The van der Waals surface area contributed by atoms with Crippen LogP contribution in [0.1, 0.15) is 0 Å². The summed E-state index contributed by atoms with van der Waals surface area (Å²) in [5, 5.41) is 0. The second-order valence-corrected chi connectivity index (χ2v) is 4.49. The van der Waals surface area contributed by atoms with Crippen LogP contribution in [0, 0.1) is 5.82 Å². The number of rotatable bonds is 3. The Balaban J connectivity index is 2.00. The molecule has 0 aliphatic rings. The highest BCUT2D eigenvalue weighted by atomic mass is 19.1. The molecule has 3 nitrogen and oxygen atoms in total. The van der Waals surface area contributed by atoms with E-state index >= 15 is 0 Å². The summed E-state index contributed by atoms with van der Waals surface area (Å²) in [4.78, 5) is 4.13. The number of imidazole rings is 1. The summed E-state index contributed by atoms with van der Waals surface area (Å²) in [5.74, 6) is 0.892. The van der Waals surface area contributed by atoms with Gasteiger partial charge in [0.15, 0.2) is 0 Å². The smallest absolute Gasteiger partial charge is 0.237 e. The summed E-state index contributed by atoms with van der Waals surface area (Å²) in [5.41, 5.74) is 1.61. The average molecular weight is 268 g/mol. The Labute approximate surface area is 116 Å². The van der Waals surface area contributed by atoms with Crippen LogP contribution < -0.4 is 4.74 Å². The topological polar surface area (TPSA) is 27.1 Å². The molecule has 0 fully saturated rings. The first kappa shape index (κ1) is 12.4. The van der Waals surface area contributed by atoms with E-state index in [1.807, 2.05) is 37.4 Å². The van der Waals surface area contributed by atoms with E-state index in [1.54, 1.807) is 23.2 Å². The maximum absolute atomic E-state index is 13.4. The van der Waals surface area contributed by atoms with Crippen LogP contribution in [0.15, 0.2) is 61.1 Å². The molecule has 0 N–H and O–H groups in total. The molecule has 0 saturated carbocycles. The molecule has 0 aliphatic heterocycles. The van der Waals surface area contributed by atoms with Gasteiger partial charge in [0, 0.05) is 12.6 Å². The van der Waals surface area contributed by atoms with Gasteiger partial charge in [-0.1, -0.05) is 30.3 Å². The lowest BCUT2D eigenvalue weighted by Crippen LogP contribution is -1.89. The predicted octanol–water partition coefficient (Wildman–Crippen LogP) is 4.02. The molecule has 0 unspecified atom stereocenters. The first-order valence-corrected chi connectivity index (χ1v) is 6.23. The fourth-order valence-electron chi connectivity index (χ4n) is 2.00. The van der Waals surface area contributed by atoms with Gasteiger partial charge in [0.2, 0.25) is 5.88 Å². The number of ether oxygens (including phenoxy) is 1. The number of para-hydroxylation sites is 1. The molecular formula is C16H13FN2O. The lowest BCUT2D eigenvalue weighted by Gasteiger charge is -2.09. The maximum atomic E-state index is 13.4. The number of hydrogen-bond donors (Lipinski definition) is 0. The minimum absolute atomic E-state index is 0.268. The SMILES string of the molecule is Cn1cnc(Oc2ccccc2-c2cccc(F)c2)c1. The lowest BCUT2D eigenvalue weighted by atomic mass is 10.0. The molecule has 0 atom stereocenters. The van der Waals surface area contributed by atoms with Gasteiger partial charge in [-0.15, -0.1) is 0 Å². The molecule has 0 bridgehead atoms. The van der Waals surface area contributed by atoms with Crippen molar-refractivity contribution in [3.8, 4) is 22.8 Å². The summed E-state index contributed by atoms with van der Waals surface area (Å²) in [6.07, 6.45) is 3.45. The summed E-state index contributed by atoms with van der Waals surface area (Å²) >= 11 is 0. The molecule has 4 heteroatoms. The molecule has 0 aliphatic carbocycles. The van der Waals surface area contributed by atoms with E-state index in [9.17, 15) is 4.39 Å². The highest BCUT2D eigenvalue weighted by molar-refractivity contribution is 5.70. The third-order valence-electron chi connectivity index (χ3n) is 2.92. The van der Waals surface area contributed by atoms with Crippen LogP contribution in [0.3, 0.4) is 0 Å². The first-order chi connectivity index (χ1) is 9.72. The van der Waals surface area contributed by atoms with Gasteiger partial charge < -0.3 is 9.30 Å². The van der Waals surface area contributed by atoms with Gasteiger partial charge in [0.05, 0.1) is 12.5 Å². The summed E-state index contributed by atoms with van der Waals surface area (Å²) < 4.78 is 20.9. The molecule has 0 spiro atoms. The van der Waals surface area contributed by atoms with Gasteiger partial charge in [0.1, 0.15) is 11.6 Å². The number of nitrogens with zero attached hydrogens (tertiary/aromatic N) is 2. The Kier molecular flexibility index (Phi) is 3.21. The van der Waals surface area contributed by atoms with E-state index in [2.05, 4.69) is 4.98 Å². The number of halogens is 1. The molecule has 1 aromatic heterocycles. The monoisotopic (exact) mass is 268 g/mol. The Morgan fingerprint density at radius 2 is 1.95 bits per heavy atom. The van der Waals surface area contributed by atoms with Crippen molar-refractivity contribution in [2.24, 2.45) is 7.05 Å². The van der Waals surface area contributed by atoms with E-state index in [1.165, 1.54) is 12.1 Å². The van der Waals surface area contributed by atoms with Crippen LogP contribution in [0.5, 0.6) is 11.6 Å². The second kappa shape index (κ2) is 5.17. The van der Waals surface area contributed by atoms with Crippen LogP contribution in [-0.4, -0.2) is 9.55 Å². The fourth-order valence-corrected chi connectivity index (χ4v) is 2.00. The van der Waals surface area contributed by atoms with Gasteiger partial charge in [-0.25, -0.2) is 9.37 Å². The largest absolute Gasteiger partial charge is 0.437 e. The lowest BCUT2D eigenvalue weighted by molar-refractivity contribution is 0.467. The molecule has 1 heterocycles. The molecule has 20 heavy (non-hydrogen) atoms. The molecule has 0 saturated heterocycles. The van der Waals surface area contributed by atoms with Crippen molar-refractivity contribution in [1.29, 1.82) is 0 Å².